The van der Waals surface area contributed by atoms with Crippen LogP contribution in [-0.4, -0.2) is 42.2 Å². The molecule has 0 fully saturated rings. The number of hydrogen-bond donors (Lipinski definition) is 1. The third kappa shape index (κ3) is 5.51. The van der Waals surface area contributed by atoms with E-state index in [2.05, 4.69) is 4.98 Å². The maximum Gasteiger partial charge on any atom is 0.306 e. The number of esters is 1. The van der Waals surface area contributed by atoms with Gasteiger partial charge in [-0.1, -0.05) is 13.3 Å². The fourth-order valence-corrected chi connectivity index (χ4v) is 3.44. The smallest absolute Gasteiger partial charge is 0.306 e. The average molecular weight is 379 g/mol. The van der Waals surface area contributed by atoms with Gasteiger partial charge in [-0.2, -0.15) is 0 Å². The molecule has 1 N–H and O–H groups in total. The number of carbonyl (C=O) groups excluding carboxylic acids is 2. The van der Waals surface area contributed by atoms with Gasteiger partial charge in [-0.15, -0.1) is 11.3 Å². The van der Waals surface area contributed by atoms with Gasteiger partial charge in [-0.25, -0.2) is 4.98 Å². The number of ether oxygens (including phenoxy) is 2. The lowest BCUT2D eigenvalue weighted by Gasteiger charge is -2.07. The van der Waals surface area contributed by atoms with Crippen LogP contribution in [0.2, 0.25) is 0 Å². The van der Waals surface area contributed by atoms with E-state index in [9.17, 15) is 9.59 Å². The highest BCUT2D eigenvalue weighted by molar-refractivity contribution is 7.20. The molecule has 1 heterocycles. The summed E-state index contributed by atoms with van der Waals surface area (Å²) in [6.07, 6.45) is 3.28. The highest BCUT2D eigenvalue weighted by atomic mass is 32.1. The number of Topliss-reactive ketones (excluding diaryl/α,β-unsaturated/α-hetero) is 1. The molecule has 0 amide bonds. The van der Waals surface area contributed by atoms with Crippen LogP contribution in [0.1, 0.15) is 54.4 Å². The molecule has 26 heavy (non-hydrogen) atoms. The van der Waals surface area contributed by atoms with Gasteiger partial charge in [-0.05, 0) is 37.0 Å². The minimum absolute atomic E-state index is 0.0730. The zero-order chi connectivity index (χ0) is 18.9. The first-order valence-corrected chi connectivity index (χ1v) is 9.67. The topological polar surface area (TPSA) is 85.7 Å². The lowest BCUT2D eigenvalue weighted by molar-refractivity contribution is -0.143. The number of aromatic nitrogens is 1. The summed E-state index contributed by atoms with van der Waals surface area (Å²) < 4.78 is 11.3. The molecule has 1 aromatic heterocycles. The fourth-order valence-electron chi connectivity index (χ4n) is 2.50. The number of benzene rings is 1. The molecule has 0 atom stereocenters. The summed E-state index contributed by atoms with van der Waals surface area (Å²) >= 11 is 1.30. The second kappa shape index (κ2) is 10.2. The fraction of sp³-hybridized carbons (Fsp3) is 0.526. The second-order valence-corrected chi connectivity index (χ2v) is 7.01. The number of aliphatic hydroxyl groups is 1. The van der Waals surface area contributed by atoms with Crippen LogP contribution in [0.5, 0.6) is 5.75 Å². The van der Waals surface area contributed by atoms with Crippen molar-refractivity contribution in [2.45, 2.75) is 45.4 Å². The number of ketones is 1. The molecule has 0 spiro atoms. The maximum absolute atomic E-state index is 12.3. The van der Waals surface area contributed by atoms with Crippen molar-refractivity contribution in [3.8, 4) is 5.75 Å². The Bertz CT molecular complexity index is 756. The standard InChI is InChI=1S/C19H25NO5S/c1-3-4-10-25-18(23)8-7-15(22)19-20-14-11-13(6-5-9-21)16(24-2)12-17(14)26-19/h11-12,21H,3-10H2,1-2H3. The van der Waals surface area contributed by atoms with E-state index < -0.39 is 0 Å². The van der Waals surface area contributed by atoms with Crippen molar-refractivity contribution in [1.82, 2.24) is 4.98 Å². The third-order valence-electron chi connectivity index (χ3n) is 3.95. The van der Waals surface area contributed by atoms with Crippen molar-refractivity contribution in [1.29, 1.82) is 0 Å². The van der Waals surface area contributed by atoms with Gasteiger partial charge in [0.2, 0.25) is 0 Å². The van der Waals surface area contributed by atoms with E-state index in [0.29, 0.717) is 24.5 Å². The lowest BCUT2D eigenvalue weighted by atomic mass is 10.1. The van der Waals surface area contributed by atoms with E-state index in [1.165, 1.54) is 11.3 Å². The van der Waals surface area contributed by atoms with E-state index in [1.807, 2.05) is 19.1 Å². The molecular weight excluding hydrogens is 354 g/mol. The van der Waals surface area contributed by atoms with Crippen LogP contribution in [0.15, 0.2) is 12.1 Å². The van der Waals surface area contributed by atoms with Crippen molar-refractivity contribution in [2.24, 2.45) is 0 Å². The summed E-state index contributed by atoms with van der Waals surface area (Å²) in [6, 6.07) is 3.77. The predicted molar refractivity (Wildman–Crippen MR) is 101 cm³/mol. The minimum atomic E-state index is -0.346. The van der Waals surface area contributed by atoms with Gasteiger partial charge < -0.3 is 14.6 Å². The Morgan fingerprint density at radius 3 is 2.73 bits per heavy atom. The molecular formula is C19H25NO5S. The van der Waals surface area contributed by atoms with Crippen LogP contribution in [0.3, 0.4) is 0 Å². The lowest BCUT2D eigenvalue weighted by Crippen LogP contribution is -2.08. The Kier molecular flexibility index (Phi) is 8.00. The molecule has 0 aliphatic rings. The van der Waals surface area contributed by atoms with Crippen molar-refractivity contribution < 1.29 is 24.2 Å². The molecule has 7 heteroatoms. The number of unbranched alkanes of at least 4 members (excludes halogenated alkanes) is 1. The van der Waals surface area contributed by atoms with E-state index in [4.69, 9.17) is 14.6 Å². The van der Waals surface area contributed by atoms with Crippen molar-refractivity contribution in [3.05, 3.63) is 22.7 Å². The molecule has 0 saturated carbocycles. The van der Waals surface area contributed by atoms with Crippen LogP contribution in [0.25, 0.3) is 10.2 Å². The predicted octanol–water partition coefficient (Wildman–Crippen LogP) is 3.54. The first-order valence-electron chi connectivity index (χ1n) is 8.86. The zero-order valence-electron chi connectivity index (χ0n) is 15.2. The zero-order valence-corrected chi connectivity index (χ0v) is 16.1. The molecule has 0 aliphatic heterocycles. The number of aryl methyl sites for hydroxylation is 1. The average Bonchev–Trinajstić information content (AvgIpc) is 3.06. The molecule has 6 nitrogen and oxygen atoms in total. The molecule has 1 aromatic carbocycles. The largest absolute Gasteiger partial charge is 0.496 e. The Morgan fingerprint density at radius 2 is 2.04 bits per heavy atom. The number of thiazole rings is 1. The van der Waals surface area contributed by atoms with Crippen LogP contribution in [0, 0.1) is 0 Å². The van der Waals surface area contributed by atoms with Crippen molar-refractivity contribution in [2.75, 3.05) is 20.3 Å². The summed E-state index contributed by atoms with van der Waals surface area (Å²) in [5.74, 6) is 0.225. The van der Waals surface area contributed by atoms with E-state index in [0.717, 1.165) is 34.4 Å². The molecule has 142 valence electrons. The van der Waals surface area contributed by atoms with Gasteiger partial charge in [0.1, 0.15) is 5.75 Å². The molecule has 0 saturated heterocycles. The van der Waals surface area contributed by atoms with Crippen LogP contribution < -0.4 is 4.74 Å². The molecule has 0 unspecified atom stereocenters. The Balaban J connectivity index is 2.05. The van der Waals surface area contributed by atoms with Gasteiger partial charge in [0.15, 0.2) is 10.8 Å². The molecule has 0 bridgehead atoms. The summed E-state index contributed by atoms with van der Waals surface area (Å²) in [5, 5.41) is 9.41. The summed E-state index contributed by atoms with van der Waals surface area (Å²) in [4.78, 5) is 28.4. The van der Waals surface area contributed by atoms with Gasteiger partial charge in [-0.3, -0.25) is 9.59 Å². The minimum Gasteiger partial charge on any atom is -0.496 e. The molecule has 2 rings (SSSR count). The molecule has 2 aromatic rings. The number of hydrogen-bond acceptors (Lipinski definition) is 7. The van der Waals surface area contributed by atoms with Gasteiger partial charge in [0, 0.05) is 13.0 Å². The first kappa shape index (κ1) is 20.3. The van der Waals surface area contributed by atoms with Crippen molar-refractivity contribution >= 4 is 33.3 Å². The Labute approximate surface area is 157 Å². The molecule has 0 aliphatic carbocycles. The summed E-state index contributed by atoms with van der Waals surface area (Å²) in [7, 11) is 1.60. The third-order valence-corrected chi connectivity index (χ3v) is 5.01. The monoisotopic (exact) mass is 379 g/mol. The Hall–Kier alpha value is -1.99. The quantitative estimate of drug-likeness (QED) is 0.365. The Morgan fingerprint density at radius 1 is 1.23 bits per heavy atom. The van der Waals surface area contributed by atoms with Gasteiger partial charge in [0.05, 0.1) is 30.4 Å². The van der Waals surface area contributed by atoms with E-state index >= 15 is 0 Å². The van der Waals surface area contributed by atoms with E-state index in [1.54, 1.807) is 7.11 Å². The van der Waals surface area contributed by atoms with Gasteiger partial charge >= 0.3 is 5.97 Å². The van der Waals surface area contributed by atoms with Crippen LogP contribution in [-0.2, 0) is 16.0 Å². The van der Waals surface area contributed by atoms with Crippen LogP contribution >= 0.6 is 11.3 Å². The highest BCUT2D eigenvalue weighted by Gasteiger charge is 2.16. The van der Waals surface area contributed by atoms with E-state index in [-0.39, 0.29) is 31.2 Å². The number of methoxy groups -OCH3 is 1. The number of rotatable bonds is 11. The summed E-state index contributed by atoms with van der Waals surface area (Å²) in [6.45, 7) is 2.53. The summed E-state index contributed by atoms with van der Waals surface area (Å²) in [5.41, 5.74) is 1.69. The highest BCUT2D eigenvalue weighted by Crippen LogP contribution is 2.31. The SMILES string of the molecule is CCCCOC(=O)CCC(=O)c1nc2cc(CCCO)c(OC)cc2s1. The first-order chi connectivity index (χ1) is 12.6. The maximum atomic E-state index is 12.3. The number of carbonyl (C=O) groups is 2. The number of fused-ring (bicyclic) bond motifs is 1. The van der Waals surface area contributed by atoms with Crippen molar-refractivity contribution in [3.63, 3.8) is 0 Å². The number of nitrogens with zero attached hydrogens (tertiary/aromatic N) is 1. The molecule has 0 radical (unpaired) electrons. The second-order valence-electron chi connectivity index (χ2n) is 5.98. The van der Waals surface area contributed by atoms with Gasteiger partial charge in [0.25, 0.3) is 0 Å². The van der Waals surface area contributed by atoms with Crippen LogP contribution in [0.4, 0.5) is 0 Å². The normalized spacial score (nSPS) is 10.9. The number of aliphatic hydroxyl groups excluding tert-OH is 1.